The maximum absolute atomic E-state index is 12.7. The van der Waals surface area contributed by atoms with Crippen LogP contribution in [-0.4, -0.2) is 39.7 Å². The predicted molar refractivity (Wildman–Crippen MR) is 106 cm³/mol. The van der Waals surface area contributed by atoms with Crippen LogP contribution in [0.15, 0.2) is 54.9 Å². The van der Waals surface area contributed by atoms with E-state index in [2.05, 4.69) is 20.2 Å². The number of pyridine rings is 2. The second-order valence-electron chi connectivity index (χ2n) is 7.49. The van der Waals surface area contributed by atoms with E-state index in [0.717, 1.165) is 29.7 Å². The van der Waals surface area contributed by atoms with Gasteiger partial charge < -0.3 is 15.3 Å². The van der Waals surface area contributed by atoms with E-state index in [1.165, 1.54) is 0 Å². The average molecular weight is 362 g/mol. The second kappa shape index (κ2) is 6.63. The number of anilines is 2. The molecule has 3 heterocycles. The van der Waals surface area contributed by atoms with Gasteiger partial charge in [-0.25, -0.2) is 0 Å². The molecule has 1 saturated heterocycles. The highest BCUT2D eigenvalue weighted by molar-refractivity contribution is 6.07. The number of amides is 1. The first kappa shape index (κ1) is 17.4. The Hall–Kier alpha value is -2.99. The van der Waals surface area contributed by atoms with E-state index >= 15 is 0 Å². The number of aromatic nitrogens is 2. The summed E-state index contributed by atoms with van der Waals surface area (Å²) in [5.41, 5.74) is 2.01. The first-order chi connectivity index (χ1) is 12.9. The number of benzene rings is 1. The molecule has 0 saturated carbocycles. The molecular weight excluding hydrogens is 340 g/mol. The molecule has 27 heavy (non-hydrogen) atoms. The van der Waals surface area contributed by atoms with Crippen LogP contribution in [0.2, 0.25) is 0 Å². The van der Waals surface area contributed by atoms with Crippen molar-refractivity contribution in [2.24, 2.45) is 5.92 Å². The summed E-state index contributed by atoms with van der Waals surface area (Å²) in [5, 5.41) is 14.0. The Morgan fingerprint density at radius 3 is 2.70 bits per heavy atom. The molecule has 2 aromatic heterocycles. The van der Waals surface area contributed by atoms with Crippen molar-refractivity contribution in [2.45, 2.75) is 19.4 Å². The molecule has 1 aliphatic heterocycles. The van der Waals surface area contributed by atoms with Gasteiger partial charge in [-0.15, -0.1) is 0 Å². The molecule has 0 radical (unpaired) electrons. The molecule has 0 spiro atoms. The number of hydrogen-bond donors (Lipinski definition) is 2. The molecule has 2 N–H and O–H groups in total. The number of carbonyl (C=O) groups excluding carboxylic acids is 1. The van der Waals surface area contributed by atoms with Gasteiger partial charge in [0.1, 0.15) is 5.69 Å². The predicted octanol–water partition coefficient (Wildman–Crippen LogP) is 3.09. The van der Waals surface area contributed by atoms with Gasteiger partial charge in [-0.05, 0) is 38.1 Å². The maximum atomic E-state index is 12.7. The quantitative estimate of drug-likeness (QED) is 0.746. The number of nitrogens with one attached hydrogen (secondary N) is 1. The molecular formula is C21H22N4O2. The Labute approximate surface area is 157 Å². The van der Waals surface area contributed by atoms with Crippen molar-refractivity contribution in [2.75, 3.05) is 23.3 Å². The van der Waals surface area contributed by atoms with Crippen molar-refractivity contribution in [3.8, 4) is 0 Å². The third-order valence-corrected chi connectivity index (χ3v) is 5.10. The van der Waals surface area contributed by atoms with Gasteiger partial charge >= 0.3 is 0 Å². The molecule has 0 aliphatic carbocycles. The minimum Gasteiger partial charge on any atom is -0.390 e. The van der Waals surface area contributed by atoms with Crippen molar-refractivity contribution in [1.29, 1.82) is 0 Å². The van der Waals surface area contributed by atoms with E-state index in [4.69, 9.17) is 0 Å². The van der Waals surface area contributed by atoms with Crippen LogP contribution in [0, 0.1) is 5.92 Å². The molecule has 4 rings (SSSR count). The molecule has 1 aromatic carbocycles. The summed E-state index contributed by atoms with van der Waals surface area (Å²) in [5.74, 6) is -0.0423. The summed E-state index contributed by atoms with van der Waals surface area (Å²) in [6.45, 7) is 5.20. The van der Waals surface area contributed by atoms with Crippen molar-refractivity contribution >= 4 is 28.2 Å². The number of carbonyl (C=O) groups is 1. The Morgan fingerprint density at radius 1 is 1.15 bits per heavy atom. The van der Waals surface area contributed by atoms with E-state index in [1.807, 2.05) is 50.2 Å². The summed E-state index contributed by atoms with van der Waals surface area (Å²) in [7, 11) is 0. The number of fused-ring (bicyclic) bond motifs is 1. The van der Waals surface area contributed by atoms with Crippen LogP contribution in [-0.2, 0) is 0 Å². The maximum Gasteiger partial charge on any atom is 0.274 e. The largest absolute Gasteiger partial charge is 0.390 e. The smallest absolute Gasteiger partial charge is 0.274 e. The Kier molecular flexibility index (Phi) is 4.28. The molecule has 0 unspecified atom stereocenters. The zero-order valence-electron chi connectivity index (χ0n) is 15.4. The summed E-state index contributed by atoms with van der Waals surface area (Å²) >= 11 is 0. The normalized spacial score (nSPS) is 14.9. The van der Waals surface area contributed by atoms with Crippen molar-refractivity contribution < 1.29 is 9.90 Å². The lowest BCUT2D eigenvalue weighted by atomic mass is 9.84. The number of hydrogen-bond acceptors (Lipinski definition) is 5. The van der Waals surface area contributed by atoms with Crippen LogP contribution in [0.1, 0.15) is 24.3 Å². The Balaban J connectivity index is 1.51. The van der Waals surface area contributed by atoms with Crippen molar-refractivity contribution in [3.05, 3.63) is 60.6 Å². The van der Waals surface area contributed by atoms with Crippen LogP contribution in [0.5, 0.6) is 0 Å². The van der Waals surface area contributed by atoms with Gasteiger partial charge in [0.2, 0.25) is 0 Å². The summed E-state index contributed by atoms with van der Waals surface area (Å²) < 4.78 is 0. The van der Waals surface area contributed by atoms with Gasteiger partial charge in [0.25, 0.3) is 5.91 Å². The number of para-hydroxylation sites is 1. The van der Waals surface area contributed by atoms with Gasteiger partial charge in [-0.3, -0.25) is 14.8 Å². The molecule has 1 aliphatic rings. The zero-order chi connectivity index (χ0) is 19.0. The van der Waals surface area contributed by atoms with Crippen LogP contribution >= 0.6 is 0 Å². The fourth-order valence-electron chi connectivity index (χ4n) is 3.27. The second-order valence-corrected chi connectivity index (χ2v) is 7.49. The number of rotatable bonds is 4. The summed E-state index contributed by atoms with van der Waals surface area (Å²) in [4.78, 5) is 23.4. The van der Waals surface area contributed by atoms with Crippen molar-refractivity contribution in [3.63, 3.8) is 0 Å². The highest BCUT2D eigenvalue weighted by Crippen LogP contribution is 2.31. The molecule has 0 bridgehead atoms. The summed E-state index contributed by atoms with van der Waals surface area (Å²) in [6.07, 6.45) is 3.35. The lowest BCUT2D eigenvalue weighted by Crippen LogP contribution is -2.55. The minimum atomic E-state index is -0.689. The summed E-state index contributed by atoms with van der Waals surface area (Å²) in [6, 6.07) is 13.2. The number of nitrogens with zero attached hydrogens (tertiary/aromatic N) is 3. The van der Waals surface area contributed by atoms with Gasteiger partial charge in [0, 0.05) is 42.5 Å². The molecule has 6 heteroatoms. The SMILES string of the molecule is CC(C)(O)C1CN(c2ccnc(C(=O)Nc3cccc4cccnc34)c2)C1. The highest BCUT2D eigenvalue weighted by atomic mass is 16.3. The third kappa shape index (κ3) is 3.48. The third-order valence-electron chi connectivity index (χ3n) is 5.10. The van der Waals surface area contributed by atoms with Gasteiger partial charge in [0.05, 0.1) is 16.8 Å². The minimum absolute atomic E-state index is 0.227. The lowest BCUT2D eigenvalue weighted by molar-refractivity contribution is 0.00458. The van der Waals surface area contributed by atoms with Crippen LogP contribution in [0.3, 0.4) is 0 Å². The van der Waals surface area contributed by atoms with E-state index < -0.39 is 5.60 Å². The average Bonchev–Trinajstić information content (AvgIpc) is 2.60. The Bertz CT molecular complexity index is 985. The first-order valence-electron chi connectivity index (χ1n) is 9.00. The molecule has 0 atom stereocenters. The molecule has 6 nitrogen and oxygen atoms in total. The van der Waals surface area contributed by atoms with Crippen LogP contribution < -0.4 is 10.2 Å². The van der Waals surface area contributed by atoms with E-state index in [9.17, 15) is 9.90 Å². The zero-order valence-corrected chi connectivity index (χ0v) is 15.4. The van der Waals surface area contributed by atoms with Gasteiger partial charge in [-0.2, -0.15) is 0 Å². The van der Waals surface area contributed by atoms with E-state index in [0.29, 0.717) is 11.4 Å². The lowest BCUT2D eigenvalue weighted by Gasteiger charge is -2.46. The fourth-order valence-corrected chi connectivity index (χ4v) is 3.27. The number of aliphatic hydroxyl groups is 1. The standard InChI is InChI=1S/C21H22N4O2/c1-21(2,27)15-12-25(13-15)16-8-10-22-18(11-16)20(26)24-17-7-3-5-14-6-4-9-23-19(14)17/h3-11,15,27H,12-13H2,1-2H3,(H,24,26). The molecule has 1 fully saturated rings. The van der Waals surface area contributed by atoms with E-state index in [1.54, 1.807) is 18.5 Å². The molecule has 3 aromatic rings. The topological polar surface area (TPSA) is 78.3 Å². The van der Waals surface area contributed by atoms with E-state index in [-0.39, 0.29) is 11.8 Å². The van der Waals surface area contributed by atoms with Crippen molar-refractivity contribution in [1.82, 2.24) is 9.97 Å². The first-order valence-corrected chi connectivity index (χ1v) is 9.00. The van der Waals surface area contributed by atoms with Gasteiger partial charge in [0.15, 0.2) is 0 Å². The van der Waals surface area contributed by atoms with Crippen LogP contribution in [0.4, 0.5) is 11.4 Å². The molecule has 1 amide bonds. The monoisotopic (exact) mass is 362 g/mol. The highest BCUT2D eigenvalue weighted by Gasteiger charge is 2.37. The fraction of sp³-hybridized carbons (Fsp3) is 0.286. The van der Waals surface area contributed by atoms with Crippen LogP contribution in [0.25, 0.3) is 10.9 Å². The van der Waals surface area contributed by atoms with Gasteiger partial charge in [-0.1, -0.05) is 18.2 Å². The Morgan fingerprint density at radius 2 is 1.93 bits per heavy atom. The molecule has 138 valence electrons.